The quantitative estimate of drug-likeness (QED) is 0.617. The maximum Gasteiger partial charge on any atom is 0.340 e. The van der Waals surface area contributed by atoms with Crippen molar-refractivity contribution in [2.24, 2.45) is 0 Å². The maximum atomic E-state index is 12.0. The second kappa shape index (κ2) is 7.19. The fourth-order valence-corrected chi connectivity index (χ4v) is 2.28. The van der Waals surface area contributed by atoms with E-state index in [9.17, 15) is 9.59 Å². The van der Waals surface area contributed by atoms with Crippen LogP contribution in [0.4, 0.5) is 0 Å². The van der Waals surface area contributed by atoms with Gasteiger partial charge in [0.2, 0.25) is 0 Å². The Kier molecular flexibility index (Phi) is 5.29. The number of esters is 1. The molecule has 0 aliphatic heterocycles. The molecule has 0 fully saturated rings. The zero-order valence-electron chi connectivity index (χ0n) is 12.4. The highest BCUT2D eigenvalue weighted by atomic mass is 31.1. The van der Waals surface area contributed by atoms with Gasteiger partial charge >= 0.3 is 11.9 Å². The summed E-state index contributed by atoms with van der Waals surface area (Å²) in [5, 5.41) is -0.878. The SMILES string of the molecule is CC(C)(OC(=O)c1ccccc1)POC(=O)c1ccccc1. The van der Waals surface area contributed by atoms with E-state index in [0.717, 1.165) is 0 Å². The van der Waals surface area contributed by atoms with Crippen molar-refractivity contribution < 1.29 is 18.8 Å². The number of carbonyl (C=O) groups is 2. The average Bonchev–Trinajstić information content (AvgIpc) is 2.54. The fourth-order valence-electron chi connectivity index (χ4n) is 1.69. The standard InChI is InChI=1S/C17H17O4P/c1-17(2,20-15(18)13-9-5-3-6-10-13)22-21-16(19)14-11-7-4-8-12-14/h3-12,22H,1-2H3. The van der Waals surface area contributed by atoms with Crippen LogP contribution in [0, 0.1) is 0 Å². The van der Waals surface area contributed by atoms with E-state index in [1.165, 1.54) is 0 Å². The lowest BCUT2D eigenvalue weighted by molar-refractivity contribution is 0.0257. The molecule has 0 aliphatic rings. The number of benzene rings is 2. The van der Waals surface area contributed by atoms with E-state index in [-0.39, 0.29) is 8.81 Å². The maximum absolute atomic E-state index is 12.0. The van der Waals surface area contributed by atoms with Crippen LogP contribution in [0.5, 0.6) is 0 Å². The predicted octanol–water partition coefficient (Wildman–Crippen LogP) is 4.03. The molecule has 22 heavy (non-hydrogen) atoms. The highest BCUT2D eigenvalue weighted by Crippen LogP contribution is 2.35. The van der Waals surface area contributed by atoms with Crippen molar-refractivity contribution in [1.29, 1.82) is 0 Å². The molecule has 2 rings (SSSR count). The minimum atomic E-state index is -0.878. The molecule has 5 heteroatoms. The van der Waals surface area contributed by atoms with Crippen molar-refractivity contribution in [3.05, 3.63) is 71.8 Å². The molecular formula is C17H17O4P. The van der Waals surface area contributed by atoms with Crippen LogP contribution in [0.2, 0.25) is 0 Å². The van der Waals surface area contributed by atoms with E-state index in [1.807, 2.05) is 12.1 Å². The third-order valence-electron chi connectivity index (χ3n) is 2.76. The topological polar surface area (TPSA) is 52.6 Å². The summed E-state index contributed by atoms with van der Waals surface area (Å²) in [6.07, 6.45) is 0. The third-order valence-corrected chi connectivity index (χ3v) is 3.64. The molecule has 0 heterocycles. The lowest BCUT2D eigenvalue weighted by atomic mass is 10.2. The highest BCUT2D eigenvalue weighted by Gasteiger charge is 2.26. The monoisotopic (exact) mass is 316 g/mol. The van der Waals surface area contributed by atoms with Gasteiger partial charge in [0.25, 0.3) is 0 Å². The number of hydrogen-bond donors (Lipinski definition) is 0. The van der Waals surface area contributed by atoms with Crippen molar-refractivity contribution >= 4 is 20.7 Å². The second-order valence-electron chi connectivity index (χ2n) is 5.12. The van der Waals surface area contributed by atoms with Crippen molar-refractivity contribution in [3.63, 3.8) is 0 Å². The van der Waals surface area contributed by atoms with Gasteiger partial charge in [-0.1, -0.05) is 36.4 Å². The molecule has 2 aromatic carbocycles. The van der Waals surface area contributed by atoms with Crippen molar-refractivity contribution in [2.75, 3.05) is 0 Å². The van der Waals surface area contributed by atoms with E-state index in [4.69, 9.17) is 9.26 Å². The lowest BCUT2D eigenvalue weighted by Crippen LogP contribution is -2.24. The summed E-state index contributed by atoms with van der Waals surface area (Å²) >= 11 is 0. The second-order valence-corrected chi connectivity index (χ2v) is 6.74. The van der Waals surface area contributed by atoms with Gasteiger partial charge in [-0.2, -0.15) is 0 Å². The molecular weight excluding hydrogens is 299 g/mol. The molecule has 114 valence electrons. The van der Waals surface area contributed by atoms with Crippen LogP contribution in [0.25, 0.3) is 0 Å². The first-order chi connectivity index (χ1) is 10.5. The summed E-state index contributed by atoms with van der Waals surface area (Å²) in [4.78, 5) is 23.9. The number of carbonyl (C=O) groups excluding carboxylic acids is 2. The van der Waals surface area contributed by atoms with Crippen molar-refractivity contribution in [1.82, 2.24) is 0 Å². The van der Waals surface area contributed by atoms with Crippen molar-refractivity contribution in [3.8, 4) is 0 Å². The van der Waals surface area contributed by atoms with Crippen LogP contribution in [0.3, 0.4) is 0 Å². The summed E-state index contributed by atoms with van der Waals surface area (Å²) in [6, 6.07) is 17.4. The van der Waals surface area contributed by atoms with E-state index in [2.05, 4.69) is 0 Å². The van der Waals surface area contributed by atoms with Crippen LogP contribution in [0.1, 0.15) is 34.6 Å². The Balaban J connectivity index is 1.91. The molecule has 0 spiro atoms. The number of rotatable bonds is 5. The zero-order chi connectivity index (χ0) is 16.0. The molecule has 0 radical (unpaired) electrons. The van der Waals surface area contributed by atoms with Gasteiger partial charge < -0.3 is 9.26 Å². The Labute approximate surface area is 131 Å². The van der Waals surface area contributed by atoms with Gasteiger partial charge in [0.05, 0.1) is 11.1 Å². The van der Waals surface area contributed by atoms with Gasteiger partial charge in [-0.25, -0.2) is 9.59 Å². The van der Waals surface area contributed by atoms with E-state index in [1.54, 1.807) is 62.4 Å². The Morgan fingerprint density at radius 1 is 0.818 bits per heavy atom. The fraction of sp³-hybridized carbons (Fsp3) is 0.176. The van der Waals surface area contributed by atoms with E-state index in [0.29, 0.717) is 11.1 Å². The number of ether oxygens (including phenoxy) is 1. The Morgan fingerprint density at radius 3 is 1.77 bits per heavy atom. The van der Waals surface area contributed by atoms with Crippen LogP contribution in [0.15, 0.2) is 60.7 Å². The molecule has 0 amide bonds. The number of hydrogen-bond acceptors (Lipinski definition) is 4. The third kappa shape index (κ3) is 4.68. The van der Waals surface area contributed by atoms with Crippen LogP contribution < -0.4 is 0 Å². The average molecular weight is 316 g/mol. The normalized spacial score (nSPS) is 11.4. The first kappa shape index (κ1) is 16.2. The van der Waals surface area contributed by atoms with Gasteiger partial charge in [-0.3, -0.25) is 0 Å². The van der Waals surface area contributed by atoms with Gasteiger partial charge in [0.15, 0.2) is 5.34 Å². The highest BCUT2D eigenvalue weighted by molar-refractivity contribution is 7.34. The van der Waals surface area contributed by atoms with E-state index >= 15 is 0 Å². The summed E-state index contributed by atoms with van der Waals surface area (Å²) < 4.78 is 10.6. The molecule has 0 aromatic heterocycles. The zero-order valence-corrected chi connectivity index (χ0v) is 13.4. The lowest BCUT2D eigenvalue weighted by Gasteiger charge is -2.24. The van der Waals surface area contributed by atoms with E-state index < -0.39 is 17.3 Å². The van der Waals surface area contributed by atoms with Gasteiger partial charge in [-0.05, 0) is 38.1 Å². The molecule has 0 N–H and O–H groups in total. The Bertz CT molecular complexity index is 638. The Hall–Kier alpha value is -2.19. The summed E-state index contributed by atoms with van der Waals surface area (Å²) in [7, 11) is -0.290. The largest absolute Gasteiger partial charge is 0.448 e. The predicted molar refractivity (Wildman–Crippen MR) is 86.1 cm³/mol. The first-order valence-corrected chi connectivity index (χ1v) is 7.70. The molecule has 0 bridgehead atoms. The minimum absolute atomic E-state index is 0.290. The van der Waals surface area contributed by atoms with Crippen LogP contribution >= 0.6 is 8.81 Å². The molecule has 0 saturated carbocycles. The molecule has 1 unspecified atom stereocenters. The first-order valence-electron chi connectivity index (χ1n) is 6.80. The summed E-state index contributed by atoms with van der Waals surface area (Å²) in [5.41, 5.74) is 0.940. The van der Waals surface area contributed by atoms with Gasteiger partial charge in [0, 0.05) is 0 Å². The Morgan fingerprint density at radius 2 is 1.27 bits per heavy atom. The summed E-state index contributed by atoms with van der Waals surface area (Å²) in [6.45, 7) is 3.43. The molecule has 2 aromatic rings. The molecule has 4 nitrogen and oxygen atoms in total. The van der Waals surface area contributed by atoms with Crippen LogP contribution in [-0.2, 0) is 9.26 Å². The summed E-state index contributed by atoms with van der Waals surface area (Å²) in [5.74, 6) is -0.864. The smallest absolute Gasteiger partial charge is 0.340 e. The molecule has 1 atom stereocenters. The van der Waals surface area contributed by atoms with Gasteiger partial charge in [0.1, 0.15) is 8.81 Å². The molecule has 0 saturated heterocycles. The molecule has 0 aliphatic carbocycles. The van der Waals surface area contributed by atoms with Crippen LogP contribution in [-0.4, -0.2) is 17.3 Å². The van der Waals surface area contributed by atoms with Gasteiger partial charge in [-0.15, -0.1) is 0 Å². The minimum Gasteiger partial charge on any atom is -0.448 e. The van der Waals surface area contributed by atoms with Crippen molar-refractivity contribution in [2.45, 2.75) is 19.2 Å².